The van der Waals surface area contributed by atoms with Gasteiger partial charge in [0.05, 0.1) is 5.03 Å². The lowest BCUT2D eigenvalue weighted by atomic mass is 10.3. The Labute approximate surface area is 106 Å². The fraction of sp³-hybridized carbons (Fsp3) is 0.250. The van der Waals surface area contributed by atoms with Gasteiger partial charge in [-0.3, -0.25) is 0 Å². The number of nitrogens with one attached hydrogen (secondary N) is 1. The summed E-state index contributed by atoms with van der Waals surface area (Å²) in [4.78, 5) is 2.99. The second-order valence-electron chi connectivity index (χ2n) is 3.61. The Morgan fingerprint density at radius 2 is 2.19 bits per heavy atom. The maximum absolute atomic E-state index is 5.30. The molecule has 0 spiro atoms. The van der Waals surface area contributed by atoms with Crippen molar-refractivity contribution >= 4 is 34.7 Å². The highest BCUT2D eigenvalue weighted by atomic mass is 32.2. The molecule has 0 unspecified atom stereocenters. The minimum Gasteiger partial charge on any atom is -0.369 e. The predicted octanol–water partition coefficient (Wildman–Crippen LogP) is 2.95. The molecule has 0 radical (unpaired) electrons. The van der Waals surface area contributed by atoms with Crippen LogP contribution in [0, 0.1) is 0 Å². The van der Waals surface area contributed by atoms with E-state index in [0.29, 0.717) is 0 Å². The summed E-state index contributed by atoms with van der Waals surface area (Å²) in [6, 6.07) is 10.0. The molecule has 2 rings (SSSR count). The van der Waals surface area contributed by atoms with Crippen molar-refractivity contribution in [2.45, 2.75) is 0 Å². The number of para-hydroxylation sites is 1. The lowest BCUT2D eigenvalue weighted by Crippen LogP contribution is -2.13. The van der Waals surface area contributed by atoms with E-state index in [-0.39, 0.29) is 0 Å². The Morgan fingerprint density at radius 3 is 2.81 bits per heavy atom. The van der Waals surface area contributed by atoms with E-state index >= 15 is 0 Å². The van der Waals surface area contributed by atoms with Gasteiger partial charge in [0.2, 0.25) is 0 Å². The first-order chi connectivity index (χ1) is 7.75. The highest BCUT2D eigenvalue weighted by molar-refractivity contribution is 8.03. The minimum absolute atomic E-state index is 0.766. The molecule has 0 aliphatic carbocycles. The molecule has 2 nitrogen and oxygen atoms in total. The van der Waals surface area contributed by atoms with Crippen molar-refractivity contribution in [1.82, 2.24) is 4.90 Å². The van der Waals surface area contributed by atoms with E-state index in [2.05, 4.69) is 17.3 Å². The van der Waals surface area contributed by atoms with Crippen LogP contribution in [0.5, 0.6) is 0 Å². The fourth-order valence-corrected chi connectivity index (χ4v) is 2.86. The number of anilines is 1. The third-order valence-electron chi connectivity index (χ3n) is 2.35. The van der Waals surface area contributed by atoms with Crippen molar-refractivity contribution in [2.24, 2.45) is 0 Å². The van der Waals surface area contributed by atoms with Gasteiger partial charge in [-0.2, -0.15) is 0 Å². The summed E-state index contributed by atoms with van der Waals surface area (Å²) in [5.74, 6) is 1.15. The van der Waals surface area contributed by atoms with Gasteiger partial charge >= 0.3 is 0 Å². The average Bonchev–Trinajstić information content (AvgIpc) is 2.66. The van der Waals surface area contributed by atoms with Gasteiger partial charge in [-0.1, -0.05) is 30.4 Å². The van der Waals surface area contributed by atoms with Crippen molar-refractivity contribution in [3.63, 3.8) is 0 Å². The van der Waals surface area contributed by atoms with Crippen LogP contribution >= 0.6 is 24.0 Å². The topological polar surface area (TPSA) is 15.3 Å². The molecule has 4 heteroatoms. The van der Waals surface area contributed by atoms with Crippen molar-refractivity contribution in [2.75, 3.05) is 24.7 Å². The van der Waals surface area contributed by atoms with Gasteiger partial charge in [-0.15, -0.1) is 11.8 Å². The molecule has 1 aromatic rings. The zero-order chi connectivity index (χ0) is 11.4. The fourth-order valence-electron chi connectivity index (χ4n) is 1.47. The Hall–Kier alpha value is -1.00. The maximum atomic E-state index is 5.30. The Bertz CT molecular complexity index is 401. The largest absolute Gasteiger partial charge is 0.369 e. The van der Waals surface area contributed by atoms with Crippen LogP contribution in [0.4, 0.5) is 5.69 Å². The summed E-state index contributed by atoms with van der Waals surface area (Å²) in [7, 11) is 2.09. The summed E-state index contributed by atoms with van der Waals surface area (Å²) in [6.07, 6.45) is 2.03. The van der Waals surface area contributed by atoms with Gasteiger partial charge < -0.3 is 10.2 Å². The quantitative estimate of drug-likeness (QED) is 0.641. The monoisotopic (exact) mass is 250 g/mol. The lowest BCUT2D eigenvalue weighted by Gasteiger charge is -2.11. The normalized spacial score (nSPS) is 17.8. The van der Waals surface area contributed by atoms with E-state index in [0.717, 1.165) is 23.0 Å². The highest BCUT2D eigenvalue weighted by Gasteiger charge is 2.13. The third-order valence-corrected chi connectivity index (χ3v) is 3.68. The van der Waals surface area contributed by atoms with E-state index in [4.69, 9.17) is 12.2 Å². The number of benzene rings is 1. The first-order valence-corrected chi connectivity index (χ1v) is 6.57. The van der Waals surface area contributed by atoms with Gasteiger partial charge in [-0.25, -0.2) is 0 Å². The van der Waals surface area contributed by atoms with Crippen LogP contribution in [0.1, 0.15) is 0 Å². The van der Waals surface area contributed by atoms with Crippen LogP contribution in [0.15, 0.2) is 41.4 Å². The number of rotatable bonds is 2. The summed E-state index contributed by atoms with van der Waals surface area (Å²) >= 11 is 7.15. The number of hydrogen-bond acceptors (Lipinski definition) is 3. The molecule has 1 heterocycles. The third kappa shape index (κ3) is 3.00. The molecule has 1 saturated heterocycles. The standard InChI is InChI=1S/C12H14N2S2/c1-14-7-8-16-12(14)9-11(15)13-10-5-3-2-4-6-10/h2-6,9H,7-8H2,1H3,(H,13,15)/b12-9-. The van der Waals surface area contributed by atoms with E-state index in [1.54, 1.807) is 0 Å². The molecular weight excluding hydrogens is 236 g/mol. The average molecular weight is 250 g/mol. The minimum atomic E-state index is 0.766. The SMILES string of the molecule is CN1CCS/C1=C\C(=S)Nc1ccccc1. The van der Waals surface area contributed by atoms with Crippen molar-refractivity contribution in [1.29, 1.82) is 0 Å². The first-order valence-electron chi connectivity index (χ1n) is 5.17. The maximum Gasteiger partial charge on any atom is 0.106 e. The van der Waals surface area contributed by atoms with E-state index in [9.17, 15) is 0 Å². The van der Waals surface area contributed by atoms with Gasteiger partial charge in [0.15, 0.2) is 0 Å². The van der Waals surface area contributed by atoms with Crippen molar-refractivity contribution < 1.29 is 0 Å². The molecule has 84 valence electrons. The number of nitrogens with zero attached hydrogens (tertiary/aromatic N) is 1. The highest BCUT2D eigenvalue weighted by Crippen LogP contribution is 2.25. The van der Waals surface area contributed by atoms with Crippen LogP contribution < -0.4 is 5.32 Å². The molecule has 0 aromatic heterocycles. The zero-order valence-electron chi connectivity index (χ0n) is 9.14. The van der Waals surface area contributed by atoms with Crippen molar-refractivity contribution in [3.8, 4) is 0 Å². The Balaban J connectivity index is 1.99. The molecule has 0 bridgehead atoms. The summed E-state index contributed by atoms with van der Waals surface area (Å²) < 4.78 is 0. The van der Waals surface area contributed by atoms with Crippen molar-refractivity contribution in [3.05, 3.63) is 41.4 Å². The molecule has 1 N–H and O–H groups in total. The number of hydrogen-bond donors (Lipinski definition) is 1. The van der Waals surface area contributed by atoms with E-state index in [1.165, 1.54) is 5.03 Å². The van der Waals surface area contributed by atoms with Gasteiger partial charge in [0.1, 0.15) is 4.99 Å². The van der Waals surface area contributed by atoms with Crippen LogP contribution in [0.25, 0.3) is 0 Å². The van der Waals surface area contributed by atoms with Crippen LogP contribution in [0.2, 0.25) is 0 Å². The Kier molecular flexibility index (Phi) is 3.85. The van der Waals surface area contributed by atoms with Gasteiger partial charge in [-0.05, 0) is 12.1 Å². The zero-order valence-corrected chi connectivity index (χ0v) is 10.8. The molecule has 1 aliphatic heterocycles. The number of thiocarbonyl (C=S) groups is 1. The van der Waals surface area contributed by atoms with Crippen LogP contribution in [-0.2, 0) is 0 Å². The second-order valence-corrected chi connectivity index (χ2v) is 5.16. The predicted molar refractivity (Wildman–Crippen MR) is 75.8 cm³/mol. The van der Waals surface area contributed by atoms with Gasteiger partial charge in [0.25, 0.3) is 0 Å². The summed E-state index contributed by atoms with van der Waals surface area (Å²) in [5, 5.41) is 4.45. The van der Waals surface area contributed by atoms with E-state index in [1.807, 2.05) is 48.2 Å². The lowest BCUT2D eigenvalue weighted by molar-refractivity contribution is 0.493. The Morgan fingerprint density at radius 1 is 1.44 bits per heavy atom. The summed E-state index contributed by atoms with van der Waals surface area (Å²) in [5.41, 5.74) is 1.04. The van der Waals surface area contributed by atoms with Crippen LogP contribution in [-0.4, -0.2) is 29.2 Å². The molecule has 1 aliphatic rings. The molecule has 0 atom stereocenters. The molecule has 0 saturated carbocycles. The molecule has 1 fully saturated rings. The molecule has 0 amide bonds. The van der Waals surface area contributed by atoms with E-state index < -0.39 is 0 Å². The first kappa shape index (κ1) is 11.5. The van der Waals surface area contributed by atoms with Gasteiger partial charge in [0, 0.05) is 31.1 Å². The molecule has 16 heavy (non-hydrogen) atoms. The second kappa shape index (κ2) is 5.37. The molecule has 1 aromatic carbocycles. The summed E-state index contributed by atoms with van der Waals surface area (Å²) in [6.45, 7) is 1.10. The number of thioether (sulfide) groups is 1. The molecular formula is C12H14N2S2. The smallest absolute Gasteiger partial charge is 0.106 e. The van der Waals surface area contributed by atoms with Crippen LogP contribution in [0.3, 0.4) is 0 Å².